The maximum Gasteiger partial charge on any atom is 0.573 e. The van der Waals surface area contributed by atoms with Gasteiger partial charge in [0.25, 0.3) is 0 Å². The van der Waals surface area contributed by atoms with Crippen molar-refractivity contribution in [2.24, 2.45) is 0 Å². The van der Waals surface area contributed by atoms with Gasteiger partial charge in [-0.05, 0) is 47.5 Å². The standard InChI is InChI=1S/C20H14F6N2O/c1-27-17-9-7-14(21)18(23)19(17)28-16-8-4-12(10-15(16)22)11-2-5-13(6-3-11)29-20(24,25)26/h2-10,27-28H,1H3. The molecule has 3 aromatic carbocycles. The van der Waals surface area contributed by atoms with Gasteiger partial charge in [-0.2, -0.15) is 0 Å². The van der Waals surface area contributed by atoms with Crippen molar-refractivity contribution in [3.63, 3.8) is 0 Å². The van der Waals surface area contributed by atoms with Crippen molar-refractivity contribution in [3.8, 4) is 16.9 Å². The first kappa shape index (κ1) is 20.4. The van der Waals surface area contributed by atoms with E-state index >= 15 is 0 Å². The largest absolute Gasteiger partial charge is 0.573 e. The Morgan fingerprint density at radius 2 is 1.38 bits per heavy atom. The molecule has 3 aromatic rings. The average molecular weight is 412 g/mol. The summed E-state index contributed by atoms with van der Waals surface area (Å²) in [6, 6.07) is 11.1. The van der Waals surface area contributed by atoms with Crippen LogP contribution in [0.1, 0.15) is 0 Å². The van der Waals surface area contributed by atoms with Crippen molar-refractivity contribution in [1.82, 2.24) is 0 Å². The summed E-state index contributed by atoms with van der Waals surface area (Å²) in [5, 5.41) is 5.20. The van der Waals surface area contributed by atoms with Gasteiger partial charge in [0.1, 0.15) is 17.3 Å². The third-order valence-electron chi connectivity index (χ3n) is 4.01. The molecule has 0 bridgehead atoms. The van der Waals surface area contributed by atoms with Crippen LogP contribution >= 0.6 is 0 Å². The number of halogens is 6. The quantitative estimate of drug-likeness (QED) is 0.472. The molecule has 0 amide bonds. The van der Waals surface area contributed by atoms with Gasteiger partial charge in [0.15, 0.2) is 11.6 Å². The summed E-state index contributed by atoms with van der Waals surface area (Å²) >= 11 is 0. The summed E-state index contributed by atoms with van der Waals surface area (Å²) in [5.74, 6) is -3.42. The van der Waals surface area contributed by atoms with E-state index < -0.39 is 29.6 Å². The van der Waals surface area contributed by atoms with Crippen LogP contribution in [0.2, 0.25) is 0 Å². The Bertz CT molecular complexity index is 1020. The van der Waals surface area contributed by atoms with Crippen LogP contribution in [0.15, 0.2) is 54.6 Å². The second kappa shape index (κ2) is 7.94. The van der Waals surface area contributed by atoms with E-state index in [-0.39, 0.29) is 17.1 Å². The van der Waals surface area contributed by atoms with Crippen LogP contribution in [0.4, 0.5) is 43.4 Å². The summed E-state index contributed by atoms with van der Waals surface area (Å²) in [5.41, 5.74) is 0.685. The Labute approximate surface area is 161 Å². The van der Waals surface area contributed by atoms with Gasteiger partial charge in [-0.15, -0.1) is 13.2 Å². The van der Waals surface area contributed by atoms with Crippen LogP contribution in [0, 0.1) is 17.5 Å². The van der Waals surface area contributed by atoms with Gasteiger partial charge in [-0.3, -0.25) is 0 Å². The topological polar surface area (TPSA) is 33.3 Å². The molecular weight excluding hydrogens is 398 g/mol. The molecule has 3 rings (SSSR count). The Hall–Kier alpha value is -3.36. The summed E-state index contributed by atoms with van der Waals surface area (Å²) < 4.78 is 82.5. The molecule has 0 spiro atoms. The number of alkyl halides is 3. The fourth-order valence-electron chi connectivity index (χ4n) is 2.66. The minimum Gasteiger partial charge on any atom is -0.406 e. The fourth-order valence-corrected chi connectivity index (χ4v) is 2.66. The van der Waals surface area contributed by atoms with Gasteiger partial charge in [-0.25, -0.2) is 13.2 Å². The predicted molar refractivity (Wildman–Crippen MR) is 97.7 cm³/mol. The molecule has 0 heterocycles. The van der Waals surface area contributed by atoms with Crippen molar-refractivity contribution in [1.29, 1.82) is 0 Å². The van der Waals surface area contributed by atoms with Crippen molar-refractivity contribution in [2.75, 3.05) is 17.7 Å². The highest BCUT2D eigenvalue weighted by atomic mass is 19.4. The van der Waals surface area contributed by atoms with E-state index in [1.165, 1.54) is 37.4 Å². The van der Waals surface area contributed by atoms with Crippen LogP contribution in [0.3, 0.4) is 0 Å². The van der Waals surface area contributed by atoms with Crippen molar-refractivity contribution in [3.05, 3.63) is 72.0 Å². The number of ether oxygens (including phenoxy) is 1. The molecule has 0 aliphatic rings. The Balaban J connectivity index is 1.86. The predicted octanol–water partition coefficient (Wildman–Crippen LogP) is 6.45. The zero-order valence-electron chi connectivity index (χ0n) is 14.9. The molecular formula is C20H14F6N2O. The Morgan fingerprint density at radius 3 is 1.97 bits per heavy atom. The fraction of sp³-hybridized carbons (Fsp3) is 0.100. The lowest BCUT2D eigenvalue weighted by Gasteiger charge is -2.14. The van der Waals surface area contributed by atoms with Gasteiger partial charge in [0.05, 0.1) is 11.4 Å². The van der Waals surface area contributed by atoms with E-state index in [0.29, 0.717) is 11.1 Å². The van der Waals surface area contributed by atoms with Crippen LogP contribution in [0.5, 0.6) is 5.75 Å². The van der Waals surface area contributed by atoms with Crippen molar-refractivity contribution >= 4 is 17.1 Å². The summed E-state index contributed by atoms with van der Waals surface area (Å²) in [7, 11) is 1.50. The van der Waals surface area contributed by atoms with E-state index in [4.69, 9.17) is 0 Å². The van der Waals surface area contributed by atoms with Crippen LogP contribution in [0.25, 0.3) is 11.1 Å². The zero-order chi connectivity index (χ0) is 21.2. The number of hydrogen-bond donors (Lipinski definition) is 2. The van der Waals surface area contributed by atoms with Crippen LogP contribution in [-0.4, -0.2) is 13.4 Å². The maximum atomic E-state index is 14.5. The van der Waals surface area contributed by atoms with Crippen LogP contribution < -0.4 is 15.4 Å². The first-order chi connectivity index (χ1) is 13.7. The second-order valence-corrected chi connectivity index (χ2v) is 5.93. The lowest BCUT2D eigenvalue weighted by atomic mass is 10.0. The Morgan fingerprint density at radius 1 is 0.759 bits per heavy atom. The molecule has 0 aliphatic heterocycles. The minimum atomic E-state index is -4.81. The van der Waals surface area contributed by atoms with Gasteiger partial charge in [0.2, 0.25) is 0 Å². The molecule has 0 aliphatic carbocycles. The van der Waals surface area contributed by atoms with Gasteiger partial charge in [0, 0.05) is 7.05 Å². The molecule has 3 nitrogen and oxygen atoms in total. The molecule has 0 saturated carbocycles. The third kappa shape index (κ3) is 4.74. The van der Waals surface area contributed by atoms with Crippen LogP contribution in [-0.2, 0) is 0 Å². The molecule has 29 heavy (non-hydrogen) atoms. The number of anilines is 3. The summed E-state index contributed by atoms with van der Waals surface area (Å²) in [6.07, 6.45) is -4.81. The molecule has 0 atom stereocenters. The maximum absolute atomic E-state index is 14.5. The van der Waals surface area contributed by atoms with Gasteiger partial charge < -0.3 is 15.4 Å². The van der Waals surface area contributed by atoms with E-state index in [9.17, 15) is 26.3 Å². The lowest BCUT2D eigenvalue weighted by molar-refractivity contribution is -0.274. The number of hydrogen-bond acceptors (Lipinski definition) is 3. The number of rotatable bonds is 5. The molecule has 0 fully saturated rings. The molecule has 0 unspecified atom stereocenters. The highest BCUT2D eigenvalue weighted by molar-refractivity contribution is 5.76. The smallest absolute Gasteiger partial charge is 0.406 e. The first-order valence-electron chi connectivity index (χ1n) is 8.26. The van der Waals surface area contributed by atoms with E-state index in [1.807, 2.05) is 0 Å². The SMILES string of the molecule is CNc1ccc(F)c(F)c1Nc1ccc(-c2ccc(OC(F)(F)F)cc2)cc1F. The normalized spacial score (nSPS) is 11.3. The first-order valence-corrected chi connectivity index (χ1v) is 8.26. The van der Waals surface area contributed by atoms with Crippen molar-refractivity contribution < 1.29 is 31.1 Å². The highest BCUT2D eigenvalue weighted by Crippen LogP contribution is 2.33. The van der Waals surface area contributed by atoms with Gasteiger partial charge >= 0.3 is 6.36 Å². The zero-order valence-corrected chi connectivity index (χ0v) is 14.9. The second-order valence-electron chi connectivity index (χ2n) is 5.93. The molecule has 0 radical (unpaired) electrons. The third-order valence-corrected chi connectivity index (χ3v) is 4.01. The molecule has 2 N–H and O–H groups in total. The number of benzene rings is 3. The van der Waals surface area contributed by atoms with Crippen molar-refractivity contribution in [2.45, 2.75) is 6.36 Å². The monoisotopic (exact) mass is 412 g/mol. The average Bonchev–Trinajstić information content (AvgIpc) is 2.66. The highest BCUT2D eigenvalue weighted by Gasteiger charge is 2.31. The van der Waals surface area contributed by atoms with Gasteiger partial charge in [-0.1, -0.05) is 18.2 Å². The molecule has 0 saturated heterocycles. The summed E-state index contributed by atoms with van der Waals surface area (Å²) in [4.78, 5) is 0. The molecule has 9 heteroatoms. The molecule has 152 valence electrons. The number of nitrogens with one attached hydrogen (secondary N) is 2. The molecule has 0 aromatic heterocycles. The lowest BCUT2D eigenvalue weighted by Crippen LogP contribution is -2.16. The van der Waals surface area contributed by atoms with E-state index in [2.05, 4.69) is 15.4 Å². The Kier molecular flexibility index (Phi) is 5.58. The summed E-state index contributed by atoms with van der Waals surface area (Å²) in [6.45, 7) is 0. The van der Waals surface area contributed by atoms with E-state index in [1.54, 1.807) is 0 Å². The minimum absolute atomic E-state index is 0.105. The van der Waals surface area contributed by atoms with E-state index in [0.717, 1.165) is 24.3 Å².